The fourth-order valence-corrected chi connectivity index (χ4v) is 3.30. The number of anilines is 2. The summed E-state index contributed by atoms with van der Waals surface area (Å²) < 4.78 is 0. The van der Waals surface area contributed by atoms with Crippen LogP contribution >= 0.6 is 11.6 Å². The summed E-state index contributed by atoms with van der Waals surface area (Å²) >= 11 is 6.05. The van der Waals surface area contributed by atoms with E-state index in [1.165, 1.54) is 5.56 Å². The molecule has 3 aromatic rings. The number of nitrogens with zero attached hydrogens (tertiary/aromatic N) is 2. The van der Waals surface area contributed by atoms with E-state index in [9.17, 15) is 4.79 Å². The third-order valence-electron chi connectivity index (χ3n) is 4.52. The van der Waals surface area contributed by atoms with Crippen LogP contribution < -0.4 is 10.7 Å². The second kappa shape index (κ2) is 9.20. The minimum absolute atomic E-state index is 0.116. The first-order valence-electron chi connectivity index (χ1n) is 9.45. The van der Waals surface area contributed by atoms with E-state index in [0.29, 0.717) is 5.02 Å². The molecule has 30 heavy (non-hydrogen) atoms. The minimum Gasteiger partial charge on any atom is -0.324 e. The standard InChI is InChI=1S/C15H11ClN2O.C9H8N2/c16-11-6-7-13-12(8-11)15(17-9-14(19)18-13)10-4-2-1-3-5-10;1-2-6-9-8(4-1)5-3-7-10-11-9/h1-8H,9H2,(H,18,19);1-7,11H. The largest absolute Gasteiger partial charge is 0.324 e. The first-order chi connectivity index (χ1) is 14.7. The van der Waals surface area contributed by atoms with Gasteiger partial charge in [-0.25, -0.2) is 0 Å². The predicted molar refractivity (Wildman–Crippen MR) is 125 cm³/mol. The summed E-state index contributed by atoms with van der Waals surface area (Å²) in [7, 11) is 0. The van der Waals surface area contributed by atoms with Gasteiger partial charge in [-0.2, -0.15) is 5.10 Å². The Morgan fingerprint density at radius 2 is 1.70 bits per heavy atom. The van der Waals surface area contributed by atoms with E-state index in [-0.39, 0.29) is 12.5 Å². The monoisotopic (exact) mass is 414 g/mol. The van der Waals surface area contributed by atoms with Crippen molar-refractivity contribution in [2.45, 2.75) is 0 Å². The van der Waals surface area contributed by atoms with E-state index >= 15 is 0 Å². The molecule has 2 aliphatic rings. The van der Waals surface area contributed by atoms with Crippen molar-refractivity contribution in [3.05, 3.63) is 101 Å². The molecule has 5 rings (SSSR count). The van der Waals surface area contributed by atoms with Crippen molar-refractivity contribution in [2.75, 3.05) is 17.3 Å². The minimum atomic E-state index is -0.116. The van der Waals surface area contributed by atoms with Gasteiger partial charge in [-0.15, -0.1) is 0 Å². The number of benzene rings is 3. The SMILES string of the molecule is C1=Cc2ccccc2NN=C1.O=C1CN=C(c2ccccc2)c2cc(Cl)ccc2N1. The lowest BCUT2D eigenvalue weighted by atomic mass is 10.0. The maximum atomic E-state index is 11.7. The molecule has 1 amide bonds. The normalized spacial score (nSPS) is 13.9. The quantitative estimate of drug-likeness (QED) is 0.571. The average molecular weight is 415 g/mol. The number of hydrogen-bond donors (Lipinski definition) is 2. The molecule has 0 atom stereocenters. The Balaban J connectivity index is 0.000000168. The highest BCUT2D eigenvalue weighted by atomic mass is 35.5. The van der Waals surface area contributed by atoms with Gasteiger partial charge in [0.15, 0.2) is 0 Å². The molecule has 0 aromatic heterocycles. The summed E-state index contributed by atoms with van der Waals surface area (Å²) in [5.74, 6) is -0.116. The maximum absolute atomic E-state index is 11.7. The molecule has 0 saturated carbocycles. The third kappa shape index (κ3) is 4.64. The molecule has 0 saturated heterocycles. The van der Waals surface area contributed by atoms with Gasteiger partial charge in [-0.05, 0) is 35.9 Å². The number of fused-ring (bicyclic) bond motifs is 2. The van der Waals surface area contributed by atoms with Crippen LogP contribution in [0.15, 0.2) is 89.0 Å². The van der Waals surface area contributed by atoms with E-state index in [0.717, 1.165) is 28.2 Å². The predicted octanol–water partition coefficient (Wildman–Crippen LogP) is 5.24. The molecule has 6 heteroatoms. The lowest BCUT2D eigenvalue weighted by Crippen LogP contribution is -2.13. The lowest BCUT2D eigenvalue weighted by Gasteiger charge is -2.10. The summed E-state index contributed by atoms with van der Waals surface area (Å²) in [5.41, 5.74) is 8.52. The van der Waals surface area contributed by atoms with Crippen LogP contribution in [0.5, 0.6) is 0 Å². The van der Waals surface area contributed by atoms with Crippen LogP contribution in [0.2, 0.25) is 5.02 Å². The number of halogens is 1. The molecule has 0 spiro atoms. The van der Waals surface area contributed by atoms with Crippen LogP contribution in [0.3, 0.4) is 0 Å². The number of hydrazone groups is 1. The number of carbonyl (C=O) groups excluding carboxylic acids is 1. The summed E-state index contributed by atoms with van der Waals surface area (Å²) in [5, 5.41) is 7.41. The molecule has 2 aliphatic heterocycles. The lowest BCUT2D eigenvalue weighted by molar-refractivity contribution is -0.114. The topological polar surface area (TPSA) is 65.8 Å². The Bertz CT molecular complexity index is 1150. The smallest absolute Gasteiger partial charge is 0.246 e. The van der Waals surface area contributed by atoms with Crippen LogP contribution in [0, 0.1) is 0 Å². The van der Waals surface area contributed by atoms with Crippen LogP contribution in [0.4, 0.5) is 11.4 Å². The highest BCUT2D eigenvalue weighted by molar-refractivity contribution is 6.32. The molecule has 148 valence electrons. The van der Waals surface area contributed by atoms with Gasteiger partial charge in [0.05, 0.1) is 17.1 Å². The van der Waals surface area contributed by atoms with E-state index in [1.54, 1.807) is 18.3 Å². The Morgan fingerprint density at radius 3 is 2.57 bits per heavy atom. The highest BCUT2D eigenvalue weighted by Gasteiger charge is 2.17. The zero-order valence-corrected chi connectivity index (χ0v) is 16.8. The fourth-order valence-electron chi connectivity index (χ4n) is 3.13. The van der Waals surface area contributed by atoms with E-state index in [2.05, 4.69) is 20.8 Å². The molecule has 3 aromatic carbocycles. The number of aliphatic imine (C=N–C) groups is 1. The molecule has 5 nitrogen and oxygen atoms in total. The molecule has 0 unspecified atom stereocenters. The highest BCUT2D eigenvalue weighted by Crippen LogP contribution is 2.26. The second-order valence-corrected chi connectivity index (χ2v) is 7.04. The summed E-state index contributed by atoms with van der Waals surface area (Å²) in [4.78, 5) is 16.1. The van der Waals surface area contributed by atoms with Gasteiger partial charge in [-0.3, -0.25) is 15.2 Å². The molecule has 0 fully saturated rings. The van der Waals surface area contributed by atoms with Crippen molar-refractivity contribution in [2.24, 2.45) is 10.1 Å². The number of carbonyl (C=O) groups is 1. The third-order valence-corrected chi connectivity index (χ3v) is 4.76. The summed E-state index contributed by atoms with van der Waals surface area (Å²) in [6, 6.07) is 23.2. The van der Waals surface area contributed by atoms with E-state index in [1.807, 2.05) is 72.8 Å². The number of nitrogens with one attached hydrogen (secondary N) is 2. The van der Waals surface area contributed by atoms with Gasteiger partial charge in [0, 0.05) is 22.4 Å². The van der Waals surface area contributed by atoms with Crippen LogP contribution in [0.1, 0.15) is 16.7 Å². The van der Waals surface area contributed by atoms with Crippen molar-refractivity contribution < 1.29 is 4.79 Å². The number of para-hydroxylation sites is 1. The van der Waals surface area contributed by atoms with E-state index < -0.39 is 0 Å². The molecular formula is C24H19ClN4O. The van der Waals surface area contributed by atoms with Gasteiger partial charge >= 0.3 is 0 Å². The van der Waals surface area contributed by atoms with Gasteiger partial charge in [-0.1, -0.05) is 66.2 Å². The van der Waals surface area contributed by atoms with Gasteiger partial charge in [0.2, 0.25) is 5.91 Å². The molecular weight excluding hydrogens is 396 g/mol. The Hall–Kier alpha value is -3.70. The number of allylic oxidation sites excluding steroid dienone is 1. The van der Waals surface area contributed by atoms with Crippen molar-refractivity contribution in [1.29, 1.82) is 0 Å². The molecule has 0 bridgehead atoms. The molecule has 2 heterocycles. The summed E-state index contributed by atoms with van der Waals surface area (Å²) in [6.07, 6.45) is 5.68. The number of rotatable bonds is 1. The second-order valence-electron chi connectivity index (χ2n) is 6.61. The van der Waals surface area contributed by atoms with Crippen LogP contribution in [-0.4, -0.2) is 24.4 Å². The Kier molecular flexibility index (Phi) is 6.01. The molecule has 0 radical (unpaired) electrons. The zero-order chi connectivity index (χ0) is 20.8. The zero-order valence-electron chi connectivity index (χ0n) is 16.0. The van der Waals surface area contributed by atoms with Gasteiger partial charge in [0.25, 0.3) is 0 Å². The number of hydrogen-bond acceptors (Lipinski definition) is 4. The Labute approximate surface area is 179 Å². The van der Waals surface area contributed by atoms with Crippen molar-refractivity contribution in [3.63, 3.8) is 0 Å². The average Bonchev–Trinajstić information content (AvgIpc) is 3.11. The van der Waals surface area contributed by atoms with Gasteiger partial charge in [0.1, 0.15) is 6.54 Å². The number of benzodiazepines with no additional fused rings is 1. The fraction of sp³-hybridized carbons (Fsp3) is 0.0417. The van der Waals surface area contributed by atoms with Gasteiger partial charge < -0.3 is 5.32 Å². The first-order valence-corrected chi connectivity index (χ1v) is 9.83. The van der Waals surface area contributed by atoms with E-state index in [4.69, 9.17) is 11.6 Å². The van der Waals surface area contributed by atoms with Crippen LogP contribution in [-0.2, 0) is 4.79 Å². The van der Waals surface area contributed by atoms with Crippen molar-refractivity contribution >= 4 is 46.9 Å². The first kappa shape index (κ1) is 19.6. The molecule has 0 aliphatic carbocycles. The van der Waals surface area contributed by atoms with Crippen molar-refractivity contribution in [1.82, 2.24) is 0 Å². The molecule has 2 N–H and O–H groups in total. The summed E-state index contributed by atoms with van der Waals surface area (Å²) in [6.45, 7) is 0.122. The maximum Gasteiger partial charge on any atom is 0.246 e. The van der Waals surface area contributed by atoms with Crippen LogP contribution in [0.25, 0.3) is 6.08 Å². The van der Waals surface area contributed by atoms with Crippen molar-refractivity contribution in [3.8, 4) is 0 Å². The number of amides is 1. The Morgan fingerprint density at radius 1 is 0.900 bits per heavy atom.